The summed E-state index contributed by atoms with van der Waals surface area (Å²) in [7, 11) is 0. The van der Waals surface area contributed by atoms with E-state index < -0.39 is 47.8 Å². The van der Waals surface area contributed by atoms with Gasteiger partial charge in [0, 0.05) is 31.3 Å². The Morgan fingerprint density at radius 1 is 1.25 bits per heavy atom. The lowest BCUT2D eigenvalue weighted by Gasteiger charge is -2.47. The lowest BCUT2D eigenvalue weighted by atomic mass is 9.74. The van der Waals surface area contributed by atoms with Crippen molar-refractivity contribution in [1.82, 2.24) is 15.2 Å². The van der Waals surface area contributed by atoms with Gasteiger partial charge in [-0.05, 0) is 30.2 Å². The first-order valence-corrected chi connectivity index (χ1v) is 9.39. The molecule has 3 amide bonds. The third kappa shape index (κ3) is 4.58. The number of primary amides is 1. The molecule has 7 nitrogen and oxygen atoms in total. The van der Waals surface area contributed by atoms with Crippen molar-refractivity contribution >= 4 is 11.9 Å². The molecule has 1 unspecified atom stereocenters. The summed E-state index contributed by atoms with van der Waals surface area (Å²) in [6, 6.07) is 4.55. The van der Waals surface area contributed by atoms with Crippen molar-refractivity contribution in [3.63, 3.8) is 0 Å². The number of benzene rings is 1. The number of amides is 3. The third-order valence-electron chi connectivity index (χ3n) is 5.22. The minimum Gasteiger partial charge on any atom is -0.468 e. The van der Waals surface area contributed by atoms with Gasteiger partial charge in [0.05, 0.1) is 0 Å². The number of pyridine rings is 1. The predicted octanol–water partition coefficient (Wildman–Crippen LogP) is 2.70. The highest BCUT2D eigenvalue weighted by molar-refractivity contribution is 5.93. The Kier molecular flexibility index (Phi) is 6.24. The van der Waals surface area contributed by atoms with Crippen LogP contribution in [-0.4, -0.2) is 53.2 Å². The Labute approximate surface area is 179 Å². The largest absolute Gasteiger partial charge is 0.468 e. The molecule has 172 valence electrons. The number of ether oxygens (including phenoxy) is 1. The Morgan fingerprint density at radius 3 is 2.50 bits per heavy atom. The number of halogens is 5. The average Bonchev–Trinajstić information content (AvgIpc) is 2.71. The van der Waals surface area contributed by atoms with E-state index in [2.05, 4.69) is 15.0 Å². The van der Waals surface area contributed by atoms with Gasteiger partial charge < -0.3 is 20.7 Å². The summed E-state index contributed by atoms with van der Waals surface area (Å²) in [5.74, 6) is -4.33. The first kappa shape index (κ1) is 23.2. The van der Waals surface area contributed by atoms with Crippen LogP contribution >= 0.6 is 0 Å². The standard InChI is InChI=1S/C20H19F5N4O3/c1-19(17(30)27-6-7-29(19)18(26)31)16(11-2-4-13(21)14(22)8-11)12-3-5-15(28-9-12)32-10-20(23,24)25/h2-5,8-9,16H,6-7,10H2,1H3,(H2,26,31)(H,27,30)/t16-,19?/m1/s1. The average molecular weight is 458 g/mol. The van der Waals surface area contributed by atoms with E-state index in [1.807, 2.05) is 0 Å². The molecule has 0 radical (unpaired) electrons. The molecular weight excluding hydrogens is 439 g/mol. The molecular formula is C20H19F5N4O3. The smallest absolute Gasteiger partial charge is 0.422 e. The molecule has 12 heteroatoms. The van der Waals surface area contributed by atoms with E-state index >= 15 is 0 Å². The van der Waals surface area contributed by atoms with Crippen LogP contribution in [0.1, 0.15) is 24.0 Å². The van der Waals surface area contributed by atoms with Crippen molar-refractivity contribution in [3.8, 4) is 5.88 Å². The minimum atomic E-state index is -4.57. The molecule has 0 aliphatic carbocycles. The van der Waals surface area contributed by atoms with Gasteiger partial charge in [-0.1, -0.05) is 12.1 Å². The van der Waals surface area contributed by atoms with Crippen LogP contribution in [0.2, 0.25) is 0 Å². The molecule has 2 aromatic rings. The quantitative estimate of drug-likeness (QED) is 0.674. The summed E-state index contributed by atoms with van der Waals surface area (Å²) in [6.45, 7) is 0.0378. The maximum absolute atomic E-state index is 14.1. The molecule has 0 spiro atoms. The van der Waals surface area contributed by atoms with E-state index in [0.717, 1.165) is 29.3 Å². The Balaban J connectivity index is 2.10. The molecule has 1 aromatic carbocycles. The first-order valence-electron chi connectivity index (χ1n) is 9.39. The number of hydrogen-bond donors (Lipinski definition) is 2. The highest BCUT2D eigenvalue weighted by Gasteiger charge is 2.51. The fourth-order valence-electron chi connectivity index (χ4n) is 3.78. The molecule has 2 atom stereocenters. The maximum Gasteiger partial charge on any atom is 0.422 e. The lowest BCUT2D eigenvalue weighted by Crippen LogP contribution is -2.68. The molecule has 3 rings (SSSR count). The van der Waals surface area contributed by atoms with Crippen LogP contribution < -0.4 is 15.8 Å². The molecule has 3 N–H and O–H groups in total. The van der Waals surface area contributed by atoms with Gasteiger partial charge in [-0.3, -0.25) is 4.79 Å². The van der Waals surface area contributed by atoms with E-state index in [1.165, 1.54) is 19.1 Å². The summed E-state index contributed by atoms with van der Waals surface area (Å²) in [4.78, 5) is 30.0. The van der Waals surface area contributed by atoms with Gasteiger partial charge >= 0.3 is 12.2 Å². The lowest BCUT2D eigenvalue weighted by molar-refractivity contribution is -0.154. The highest BCUT2D eigenvalue weighted by atomic mass is 19.4. The first-order chi connectivity index (χ1) is 14.9. The van der Waals surface area contributed by atoms with Crippen LogP contribution in [-0.2, 0) is 4.79 Å². The van der Waals surface area contributed by atoms with Crippen LogP contribution in [0, 0.1) is 11.6 Å². The fraction of sp³-hybridized carbons (Fsp3) is 0.350. The Morgan fingerprint density at radius 2 is 1.94 bits per heavy atom. The number of carbonyl (C=O) groups is 2. The second kappa shape index (κ2) is 8.60. The second-order valence-electron chi connectivity index (χ2n) is 7.33. The van der Waals surface area contributed by atoms with Gasteiger partial charge in [-0.25, -0.2) is 18.6 Å². The minimum absolute atomic E-state index is 0.0535. The zero-order valence-electron chi connectivity index (χ0n) is 16.7. The van der Waals surface area contributed by atoms with Crippen LogP contribution in [0.3, 0.4) is 0 Å². The summed E-state index contributed by atoms with van der Waals surface area (Å²) < 4.78 is 69.3. The fourth-order valence-corrected chi connectivity index (χ4v) is 3.78. The van der Waals surface area contributed by atoms with E-state index in [1.54, 1.807) is 0 Å². The summed E-state index contributed by atoms with van der Waals surface area (Å²) in [5, 5.41) is 2.63. The number of hydrogen-bond acceptors (Lipinski definition) is 4. The normalized spacial score (nSPS) is 19.9. The van der Waals surface area contributed by atoms with Crippen LogP contribution in [0.4, 0.5) is 26.7 Å². The molecule has 1 aromatic heterocycles. The van der Waals surface area contributed by atoms with Crippen LogP contribution in [0.5, 0.6) is 5.88 Å². The van der Waals surface area contributed by atoms with E-state index in [0.29, 0.717) is 0 Å². The molecule has 0 saturated carbocycles. The van der Waals surface area contributed by atoms with Crippen LogP contribution in [0.15, 0.2) is 36.5 Å². The zero-order valence-corrected chi connectivity index (χ0v) is 16.7. The van der Waals surface area contributed by atoms with Crippen molar-refractivity contribution in [3.05, 3.63) is 59.3 Å². The van der Waals surface area contributed by atoms with Crippen molar-refractivity contribution in [1.29, 1.82) is 0 Å². The third-order valence-corrected chi connectivity index (χ3v) is 5.22. The number of nitrogens with zero attached hydrogens (tertiary/aromatic N) is 2. The monoisotopic (exact) mass is 458 g/mol. The molecule has 1 fully saturated rings. The Bertz CT molecular complexity index is 1020. The van der Waals surface area contributed by atoms with Gasteiger partial charge in [-0.2, -0.15) is 13.2 Å². The summed E-state index contributed by atoms with van der Waals surface area (Å²) in [5.41, 5.74) is 4.17. The van der Waals surface area contributed by atoms with E-state index in [4.69, 9.17) is 5.73 Å². The van der Waals surface area contributed by atoms with E-state index in [-0.39, 0.29) is 30.1 Å². The number of carbonyl (C=O) groups excluding carboxylic acids is 2. The van der Waals surface area contributed by atoms with Crippen molar-refractivity contribution in [2.75, 3.05) is 19.7 Å². The molecule has 1 aliphatic rings. The van der Waals surface area contributed by atoms with Crippen LogP contribution in [0.25, 0.3) is 0 Å². The number of rotatable bonds is 5. The van der Waals surface area contributed by atoms with Gasteiger partial charge in [0.2, 0.25) is 11.8 Å². The number of urea groups is 1. The SMILES string of the molecule is CC1([C@@H](c2ccc(OCC(F)(F)F)nc2)c2ccc(F)c(F)c2)C(=O)NCCN1C(N)=O. The van der Waals surface area contributed by atoms with Crippen molar-refractivity contribution < 1.29 is 36.3 Å². The number of nitrogens with two attached hydrogens (primary N) is 1. The Hall–Kier alpha value is -3.44. The number of alkyl halides is 3. The predicted molar refractivity (Wildman–Crippen MR) is 102 cm³/mol. The molecule has 1 saturated heterocycles. The van der Waals surface area contributed by atoms with Crippen molar-refractivity contribution in [2.45, 2.75) is 24.6 Å². The van der Waals surface area contributed by atoms with Gasteiger partial charge in [-0.15, -0.1) is 0 Å². The van der Waals surface area contributed by atoms with Gasteiger partial charge in [0.1, 0.15) is 5.54 Å². The molecule has 0 bridgehead atoms. The number of aromatic nitrogens is 1. The number of nitrogens with one attached hydrogen (secondary N) is 1. The zero-order chi connectivity index (χ0) is 23.7. The molecule has 32 heavy (non-hydrogen) atoms. The summed E-state index contributed by atoms with van der Waals surface area (Å²) >= 11 is 0. The highest BCUT2D eigenvalue weighted by Crippen LogP contribution is 2.40. The van der Waals surface area contributed by atoms with E-state index in [9.17, 15) is 31.5 Å². The summed E-state index contributed by atoms with van der Waals surface area (Å²) in [6.07, 6.45) is -3.42. The van der Waals surface area contributed by atoms with Gasteiger partial charge in [0.15, 0.2) is 18.2 Å². The molecule has 2 heterocycles. The van der Waals surface area contributed by atoms with Crippen molar-refractivity contribution in [2.24, 2.45) is 5.73 Å². The molecule has 1 aliphatic heterocycles. The maximum atomic E-state index is 14.1. The van der Waals surface area contributed by atoms with Gasteiger partial charge in [0.25, 0.3) is 0 Å². The number of piperazine rings is 1. The second-order valence-corrected chi connectivity index (χ2v) is 7.33. The topological polar surface area (TPSA) is 97.6 Å².